The molecule has 0 amide bonds. The standard InChI is InChI=1S/C15H22O4/c1-2-3-4-5-10(16)6-7-11-12-8-15(18)19-14(12)9-13(11)17/h6-7,11-14,17H,2-5,8-9H2,1H3/b7-6+/t11-,12-,13-,14+/m1/s1. The third-order valence-electron chi connectivity index (χ3n) is 4.11. The molecule has 0 unspecified atom stereocenters. The molecule has 4 atom stereocenters. The predicted molar refractivity (Wildman–Crippen MR) is 70.4 cm³/mol. The molecule has 19 heavy (non-hydrogen) atoms. The molecule has 0 spiro atoms. The van der Waals surface area contributed by atoms with Gasteiger partial charge in [0, 0.05) is 24.7 Å². The van der Waals surface area contributed by atoms with E-state index in [4.69, 9.17) is 4.74 Å². The quantitative estimate of drug-likeness (QED) is 0.454. The monoisotopic (exact) mass is 266 g/mol. The Morgan fingerprint density at radius 1 is 1.47 bits per heavy atom. The predicted octanol–water partition coefficient (Wildman–Crippen LogP) is 2.00. The summed E-state index contributed by atoms with van der Waals surface area (Å²) < 4.78 is 5.15. The van der Waals surface area contributed by atoms with Crippen molar-refractivity contribution in [1.82, 2.24) is 0 Å². The summed E-state index contributed by atoms with van der Waals surface area (Å²) >= 11 is 0. The Bertz CT molecular complexity index is 374. The number of fused-ring (bicyclic) bond motifs is 1. The van der Waals surface area contributed by atoms with E-state index in [1.807, 2.05) is 0 Å². The molecule has 106 valence electrons. The summed E-state index contributed by atoms with van der Waals surface area (Å²) in [4.78, 5) is 22.9. The highest BCUT2D eigenvalue weighted by atomic mass is 16.6. The van der Waals surface area contributed by atoms with E-state index in [0.29, 0.717) is 19.3 Å². The van der Waals surface area contributed by atoms with Crippen LogP contribution in [0.4, 0.5) is 0 Å². The summed E-state index contributed by atoms with van der Waals surface area (Å²) in [6.45, 7) is 2.10. The Labute approximate surface area is 113 Å². The van der Waals surface area contributed by atoms with E-state index in [1.54, 1.807) is 12.2 Å². The number of hydrogen-bond donors (Lipinski definition) is 1. The molecular formula is C15H22O4. The molecule has 1 saturated heterocycles. The number of carbonyl (C=O) groups is 2. The van der Waals surface area contributed by atoms with Crippen molar-refractivity contribution in [2.24, 2.45) is 11.8 Å². The number of unbranched alkanes of at least 4 members (excludes halogenated alkanes) is 2. The number of aliphatic hydroxyl groups is 1. The van der Waals surface area contributed by atoms with Gasteiger partial charge in [-0.2, -0.15) is 0 Å². The summed E-state index contributed by atoms with van der Waals surface area (Å²) in [5.74, 6) is -0.155. The average molecular weight is 266 g/mol. The second kappa shape index (κ2) is 6.33. The molecule has 0 aromatic rings. The minimum Gasteiger partial charge on any atom is -0.462 e. The molecule has 0 bridgehead atoms. The van der Waals surface area contributed by atoms with Gasteiger partial charge in [0.25, 0.3) is 0 Å². The van der Waals surface area contributed by atoms with E-state index in [-0.39, 0.29) is 29.7 Å². The number of rotatable bonds is 6. The highest BCUT2D eigenvalue weighted by molar-refractivity contribution is 5.89. The van der Waals surface area contributed by atoms with Crippen LogP contribution < -0.4 is 0 Å². The lowest BCUT2D eigenvalue weighted by atomic mass is 9.91. The second-order valence-corrected chi connectivity index (χ2v) is 5.56. The van der Waals surface area contributed by atoms with Gasteiger partial charge in [-0.15, -0.1) is 0 Å². The summed E-state index contributed by atoms with van der Waals surface area (Å²) in [5.41, 5.74) is 0. The van der Waals surface area contributed by atoms with Crippen molar-refractivity contribution in [3.63, 3.8) is 0 Å². The number of ether oxygens (including phenoxy) is 1. The number of hydrogen-bond acceptors (Lipinski definition) is 4. The van der Waals surface area contributed by atoms with Crippen LogP contribution >= 0.6 is 0 Å². The Balaban J connectivity index is 1.87. The van der Waals surface area contributed by atoms with Gasteiger partial charge in [0.05, 0.1) is 12.5 Å². The van der Waals surface area contributed by atoms with E-state index >= 15 is 0 Å². The van der Waals surface area contributed by atoms with Crippen molar-refractivity contribution in [2.75, 3.05) is 0 Å². The number of allylic oxidation sites excluding steroid dienone is 1. The van der Waals surface area contributed by atoms with Gasteiger partial charge in [-0.25, -0.2) is 0 Å². The highest BCUT2D eigenvalue weighted by Gasteiger charge is 2.48. The molecule has 2 rings (SSSR count). The maximum Gasteiger partial charge on any atom is 0.306 e. The van der Waals surface area contributed by atoms with Crippen LogP contribution in [-0.4, -0.2) is 29.1 Å². The molecule has 0 aromatic heterocycles. The fraction of sp³-hybridized carbons (Fsp3) is 0.733. The van der Waals surface area contributed by atoms with Crippen LogP contribution in [0, 0.1) is 11.8 Å². The van der Waals surface area contributed by atoms with Crippen molar-refractivity contribution in [2.45, 2.75) is 57.7 Å². The first-order valence-corrected chi connectivity index (χ1v) is 7.20. The Hall–Kier alpha value is -1.16. The minimum atomic E-state index is -0.497. The first-order valence-electron chi connectivity index (χ1n) is 7.20. The van der Waals surface area contributed by atoms with Gasteiger partial charge < -0.3 is 9.84 Å². The molecule has 1 aliphatic heterocycles. The number of ketones is 1. The largest absolute Gasteiger partial charge is 0.462 e. The lowest BCUT2D eigenvalue weighted by Crippen LogP contribution is -2.18. The summed E-state index contributed by atoms with van der Waals surface area (Å²) in [5, 5.41) is 9.95. The lowest BCUT2D eigenvalue weighted by Gasteiger charge is -2.14. The summed E-state index contributed by atoms with van der Waals surface area (Å²) in [6.07, 6.45) is 7.21. The molecule has 1 aliphatic carbocycles. The van der Waals surface area contributed by atoms with Crippen LogP contribution in [0.1, 0.15) is 45.4 Å². The van der Waals surface area contributed by atoms with Crippen LogP contribution in [0.5, 0.6) is 0 Å². The fourth-order valence-corrected chi connectivity index (χ4v) is 3.04. The summed E-state index contributed by atoms with van der Waals surface area (Å²) in [7, 11) is 0. The molecule has 0 aromatic carbocycles. The highest BCUT2D eigenvalue weighted by Crippen LogP contribution is 2.41. The maximum absolute atomic E-state index is 11.7. The SMILES string of the molecule is CCCCCC(=O)/C=C/[C@@H]1[C@H]2CC(=O)O[C@H]2C[C@H]1O. The number of carbonyl (C=O) groups excluding carboxylic acids is 2. The van der Waals surface area contributed by atoms with E-state index in [0.717, 1.165) is 19.3 Å². The average Bonchev–Trinajstić information content (AvgIpc) is 2.82. The molecule has 1 N–H and O–H groups in total. The fourth-order valence-electron chi connectivity index (χ4n) is 3.04. The Kier molecular flexibility index (Phi) is 4.75. The van der Waals surface area contributed by atoms with Crippen molar-refractivity contribution < 1.29 is 19.4 Å². The Morgan fingerprint density at radius 3 is 3.00 bits per heavy atom. The Morgan fingerprint density at radius 2 is 2.26 bits per heavy atom. The van der Waals surface area contributed by atoms with Gasteiger partial charge in [0.2, 0.25) is 0 Å². The van der Waals surface area contributed by atoms with Gasteiger partial charge in [-0.05, 0) is 12.5 Å². The topological polar surface area (TPSA) is 63.6 Å². The van der Waals surface area contributed by atoms with Crippen molar-refractivity contribution in [1.29, 1.82) is 0 Å². The van der Waals surface area contributed by atoms with E-state index in [9.17, 15) is 14.7 Å². The van der Waals surface area contributed by atoms with Crippen LogP contribution in [0.2, 0.25) is 0 Å². The molecule has 4 nitrogen and oxygen atoms in total. The zero-order valence-corrected chi connectivity index (χ0v) is 11.4. The number of esters is 1. The van der Waals surface area contributed by atoms with Crippen molar-refractivity contribution in [3.8, 4) is 0 Å². The smallest absolute Gasteiger partial charge is 0.306 e. The molecular weight excluding hydrogens is 244 g/mol. The van der Waals surface area contributed by atoms with Crippen LogP contribution in [0.15, 0.2) is 12.2 Å². The van der Waals surface area contributed by atoms with Crippen LogP contribution in [0.3, 0.4) is 0 Å². The maximum atomic E-state index is 11.7. The molecule has 2 fully saturated rings. The van der Waals surface area contributed by atoms with Gasteiger partial charge in [0.1, 0.15) is 6.10 Å². The molecule has 1 saturated carbocycles. The molecule has 0 radical (unpaired) electrons. The van der Waals surface area contributed by atoms with E-state index in [1.165, 1.54) is 0 Å². The van der Waals surface area contributed by atoms with Crippen LogP contribution in [0.25, 0.3) is 0 Å². The second-order valence-electron chi connectivity index (χ2n) is 5.56. The molecule has 4 heteroatoms. The first-order chi connectivity index (χ1) is 9.11. The van der Waals surface area contributed by atoms with Gasteiger partial charge >= 0.3 is 5.97 Å². The third-order valence-corrected chi connectivity index (χ3v) is 4.11. The van der Waals surface area contributed by atoms with Crippen molar-refractivity contribution in [3.05, 3.63) is 12.2 Å². The number of aliphatic hydroxyl groups excluding tert-OH is 1. The van der Waals surface area contributed by atoms with E-state index in [2.05, 4.69) is 6.92 Å². The molecule has 2 aliphatic rings. The normalized spacial score (nSPS) is 33.7. The minimum absolute atomic E-state index is 0.0437. The zero-order valence-electron chi connectivity index (χ0n) is 11.4. The van der Waals surface area contributed by atoms with Gasteiger partial charge in [0.15, 0.2) is 5.78 Å². The van der Waals surface area contributed by atoms with Gasteiger partial charge in [-0.3, -0.25) is 9.59 Å². The third kappa shape index (κ3) is 3.44. The van der Waals surface area contributed by atoms with Crippen LogP contribution in [-0.2, 0) is 14.3 Å². The molecule has 1 heterocycles. The first kappa shape index (κ1) is 14.3. The van der Waals surface area contributed by atoms with Gasteiger partial charge in [-0.1, -0.05) is 25.8 Å². The summed E-state index contributed by atoms with van der Waals surface area (Å²) in [6, 6.07) is 0. The lowest BCUT2D eigenvalue weighted by molar-refractivity contribution is -0.141. The van der Waals surface area contributed by atoms with Crippen molar-refractivity contribution >= 4 is 11.8 Å². The zero-order chi connectivity index (χ0) is 13.8. The van der Waals surface area contributed by atoms with E-state index < -0.39 is 6.10 Å².